The lowest BCUT2D eigenvalue weighted by Gasteiger charge is -2.15. The first-order chi connectivity index (χ1) is 18.6. The van der Waals surface area contributed by atoms with Gasteiger partial charge in [0.1, 0.15) is 11.5 Å². The highest BCUT2D eigenvalue weighted by atomic mass is 32.2. The zero-order valence-electron chi connectivity index (χ0n) is 21.8. The first-order valence-corrected chi connectivity index (χ1v) is 13.5. The smallest absolute Gasteiger partial charge is 0.203 e. The van der Waals surface area contributed by atoms with Crippen LogP contribution in [-0.2, 0) is 16.4 Å². The first kappa shape index (κ1) is 29.5. The number of methoxy groups -OCH3 is 3. The number of carbonyl (C=O) groups excluding carboxylic acids is 2. The van der Waals surface area contributed by atoms with Crippen molar-refractivity contribution in [3.8, 4) is 28.7 Å². The molecule has 0 aromatic heterocycles. The minimum absolute atomic E-state index is 0.00511. The summed E-state index contributed by atoms with van der Waals surface area (Å²) < 4.78 is 46.9. The lowest BCUT2D eigenvalue weighted by Crippen LogP contribution is -2.13. The third-order valence-electron chi connectivity index (χ3n) is 5.86. The Kier molecular flexibility index (Phi) is 9.91. The monoisotopic (exact) mass is 558 g/mol. The number of phenols is 1. The van der Waals surface area contributed by atoms with Gasteiger partial charge in [0.2, 0.25) is 5.75 Å². The molecular weight excluding hydrogens is 528 g/mol. The van der Waals surface area contributed by atoms with Crippen LogP contribution in [0.25, 0.3) is 0 Å². The Morgan fingerprint density at radius 2 is 1.33 bits per heavy atom. The molecule has 0 aliphatic heterocycles. The van der Waals surface area contributed by atoms with Gasteiger partial charge >= 0.3 is 0 Å². The normalized spacial score (nSPS) is 11.1. The molecule has 11 heteroatoms. The number of sulfone groups is 1. The van der Waals surface area contributed by atoms with Gasteiger partial charge in [0, 0.05) is 24.0 Å². The van der Waals surface area contributed by atoms with Crippen LogP contribution in [0.2, 0.25) is 0 Å². The van der Waals surface area contributed by atoms with E-state index in [1.807, 2.05) is 6.07 Å². The van der Waals surface area contributed by atoms with Gasteiger partial charge in [-0.25, -0.2) is 8.42 Å². The maximum Gasteiger partial charge on any atom is 0.203 e. The number of rotatable bonds is 14. The van der Waals surface area contributed by atoms with Crippen LogP contribution in [0.1, 0.15) is 39.1 Å². The highest BCUT2D eigenvalue weighted by molar-refractivity contribution is 7.91. The Morgan fingerprint density at radius 3 is 1.85 bits per heavy atom. The minimum atomic E-state index is -4.14. The van der Waals surface area contributed by atoms with E-state index in [2.05, 4.69) is 0 Å². The van der Waals surface area contributed by atoms with Crippen molar-refractivity contribution in [2.75, 3.05) is 33.7 Å². The van der Waals surface area contributed by atoms with Crippen LogP contribution in [0.3, 0.4) is 0 Å². The van der Waals surface area contributed by atoms with E-state index in [0.717, 1.165) is 11.6 Å². The molecule has 0 aliphatic rings. The second kappa shape index (κ2) is 13.1. The van der Waals surface area contributed by atoms with Crippen molar-refractivity contribution in [1.82, 2.24) is 0 Å². The standard InChI is InChI=1S/C28H30O10S/c1-35-24-14-19(15-25(36-2)28(24)37-3)21(30)9-10-22(31)20-13-23(38-17-18-7-5-4-6-8-18)27(32)26(16-20)39(33,34)12-11-29/h4-8,13-16,29,32H,9-12,17H2,1-3H3. The average Bonchev–Trinajstić information content (AvgIpc) is 2.94. The van der Waals surface area contributed by atoms with Crippen LogP contribution in [0.4, 0.5) is 0 Å². The van der Waals surface area contributed by atoms with Crippen LogP contribution >= 0.6 is 0 Å². The summed E-state index contributed by atoms with van der Waals surface area (Å²) in [6, 6.07) is 14.2. The Bertz CT molecular complexity index is 1410. The van der Waals surface area contributed by atoms with Gasteiger partial charge < -0.3 is 29.2 Å². The van der Waals surface area contributed by atoms with Crippen LogP contribution in [0, 0.1) is 0 Å². The summed E-state index contributed by atoms with van der Waals surface area (Å²) in [6.07, 6.45) is -0.449. The van der Waals surface area contributed by atoms with Crippen molar-refractivity contribution in [2.24, 2.45) is 0 Å². The first-order valence-electron chi connectivity index (χ1n) is 11.9. The molecule has 0 saturated carbocycles. The number of hydrogen-bond donors (Lipinski definition) is 2. The summed E-state index contributed by atoms with van der Waals surface area (Å²) in [6.45, 7) is -0.672. The molecule has 0 bridgehead atoms. The van der Waals surface area contributed by atoms with Crippen molar-refractivity contribution >= 4 is 21.4 Å². The van der Waals surface area contributed by atoms with Crippen molar-refractivity contribution in [3.63, 3.8) is 0 Å². The number of ether oxygens (including phenoxy) is 4. The maximum absolute atomic E-state index is 13.1. The zero-order chi connectivity index (χ0) is 28.6. The van der Waals surface area contributed by atoms with E-state index in [1.54, 1.807) is 24.3 Å². The lowest BCUT2D eigenvalue weighted by molar-refractivity contribution is 0.0916. The molecule has 3 aromatic carbocycles. The number of ketones is 2. The molecule has 0 heterocycles. The summed E-state index contributed by atoms with van der Waals surface area (Å²) in [4.78, 5) is 25.5. The molecular formula is C28H30O10S. The molecule has 0 unspecified atom stereocenters. The quantitative estimate of drug-likeness (QED) is 0.281. The van der Waals surface area contributed by atoms with E-state index in [0.29, 0.717) is 5.75 Å². The lowest BCUT2D eigenvalue weighted by atomic mass is 10.0. The molecule has 3 rings (SSSR count). The number of aromatic hydroxyl groups is 1. The molecule has 0 aliphatic carbocycles. The fraction of sp³-hybridized carbons (Fsp3) is 0.286. The van der Waals surface area contributed by atoms with Crippen LogP contribution < -0.4 is 18.9 Å². The third-order valence-corrected chi connectivity index (χ3v) is 7.56. The fourth-order valence-corrected chi connectivity index (χ4v) is 4.98. The van der Waals surface area contributed by atoms with Crippen LogP contribution in [0.5, 0.6) is 28.7 Å². The summed E-state index contributed by atoms with van der Waals surface area (Å²) >= 11 is 0. The fourth-order valence-electron chi connectivity index (χ4n) is 3.81. The molecule has 39 heavy (non-hydrogen) atoms. The van der Waals surface area contributed by atoms with E-state index in [9.17, 15) is 28.2 Å². The van der Waals surface area contributed by atoms with E-state index < -0.39 is 38.6 Å². The number of carbonyl (C=O) groups is 2. The van der Waals surface area contributed by atoms with Crippen LogP contribution in [-0.4, -0.2) is 63.9 Å². The SMILES string of the molecule is COc1cc(C(=O)CCC(=O)c2cc(OCc3ccccc3)c(O)c(S(=O)(=O)CCO)c2)cc(OC)c1OC. The summed E-state index contributed by atoms with van der Waals surface area (Å²) in [5, 5.41) is 19.9. The summed E-state index contributed by atoms with van der Waals surface area (Å²) in [5.74, 6) is -1.57. The molecule has 0 amide bonds. The molecule has 10 nitrogen and oxygen atoms in total. The average molecular weight is 559 g/mol. The Morgan fingerprint density at radius 1 is 0.795 bits per heavy atom. The molecule has 0 saturated heterocycles. The largest absolute Gasteiger partial charge is 0.503 e. The Hall–Kier alpha value is -4.09. The molecule has 0 radical (unpaired) electrons. The molecule has 0 fully saturated rings. The number of Topliss-reactive ketones (excluding diaryl/α,β-unsaturated/α-hetero) is 2. The van der Waals surface area contributed by atoms with Gasteiger partial charge in [-0.05, 0) is 29.8 Å². The highest BCUT2D eigenvalue weighted by Gasteiger charge is 2.25. The topological polar surface area (TPSA) is 146 Å². The number of hydrogen-bond acceptors (Lipinski definition) is 10. The predicted octanol–water partition coefficient (Wildman–Crippen LogP) is 3.61. The molecule has 0 atom stereocenters. The summed E-state index contributed by atoms with van der Waals surface area (Å²) in [5.41, 5.74) is 0.926. The Balaban J connectivity index is 1.88. The predicted molar refractivity (Wildman–Crippen MR) is 142 cm³/mol. The van der Waals surface area contributed by atoms with E-state index in [1.165, 1.54) is 39.5 Å². The highest BCUT2D eigenvalue weighted by Crippen LogP contribution is 2.39. The molecule has 2 N–H and O–H groups in total. The van der Waals surface area contributed by atoms with Crippen molar-refractivity contribution < 1.29 is 47.2 Å². The maximum atomic E-state index is 13.1. The number of phenolic OH excluding ortho intramolecular Hbond substituents is 1. The van der Waals surface area contributed by atoms with E-state index in [4.69, 9.17) is 18.9 Å². The second-order valence-electron chi connectivity index (χ2n) is 8.40. The minimum Gasteiger partial charge on any atom is -0.503 e. The van der Waals surface area contributed by atoms with Gasteiger partial charge in [0.15, 0.2) is 44.4 Å². The van der Waals surface area contributed by atoms with Gasteiger partial charge in [-0.3, -0.25) is 9.59 Å². The van der Waals surface area contributed by atoms with Gasteiger partial charge in [0.25, 0.3) is 0 Å². The third kappa shape index (κ3) is 7.06. The summed E-state index contributed by atoms with van der Waals surface area (Å²) in [7, 11) is 0.131. The van der Waals surface area contributed by atoms with E-state index in [-0.39, 0.29) is 53.6 Å². The van der Waals surface area contributed by atoms with Crippen molar-refractivity contribution in [3.05, 3.63) is 71.3 Å². The Labute approximate surface area is 226 Å². The van der Waals surface area contributed by atoms with Gasteiger partial charge in [-0.15, -0.1) is 0 Å². The zero-order valence-corrected chi connectivity index (χ0v) is 22.6. The molecule has 3 aromatic rings. The van der Waals surface area contributed by atoms with Gasteiger partial charge in [-0.1, -0.05) is 30.3 Å². The number of aliphatic hydroxyl groups excluding tert-OH is 1. The number of benzene rings is 3. The van der Waals surface area contributed by atoms with Crippen molar-refractivity contribution in [2.45, 2.75) is 24.3 Å². The van der Waals surface area contributed by atoms with Crippen molar-refractivity contribution in [1.29, 1.82) is 0 Å². The molecule has 208 valence electrons. The van der Waals surface area contributed by atoms with Crippen LogP contribution in [0.15, 0.2) is 59.5 Å². The van der Waals surface area contributed by atoms with Gasteiger partial charge in [-0.2, -0.15) is 0 Å². The van der Waals surface area contributed by atoms with E-state index >= 15 is 0 Å². The second-order valence-corrected chi connectivity index (χ2v) is 10.5. The van der Waals surface area contributed by atoms with Gasteiger partial charge in [0.05, 0.1) is 33.7 Å². The number of aliphatic hydroxyl groups is 1. The molecule has 0 spiro atoms.